The van der Waals surface area contributed by atoms with Gasteiger partial charge >= 0.3 is 5.97 Å². The van der Waals surface area contributed by atoms with Crippen molar-refractivity contribution < 1.29 is 22.7 Å². The molecule has 0 radical (unpaired) electrons. The first-order chi connectivity index (χ1) is 14.7. The first-order valence-electron chi connectivity index (χ1n) is 10.0. The van der Waals surface area contributed by atoms with Gasteiger partial charge in [0.05, 0.1) is 32.2 Å². The number of methoxy groups -OCH3 is 1. The van der Waals surface area contributed by atoms with Gasteiger partial charge in [0.2, 0.25) is 10.0 Å². The van der Waals surface area contributed by atoms with Gasteiger partial charge in [-0.3, -0.25) is 0 Å². The Labute approximate surface area is 187 Å². The minimum absolute atomic E-state index is 0.162. The number of sulfonamides is 1. The van der Waals surface area contributed by atoms with Crippen LogP contribution in [0.2, 0.25) is 0 Å². The molecule has 2 aromatic rings. The number of rotatable bonds is 9. The lowest BCUT2D eigenvalue weighted by molar-refractivity contribution is 0.0518. The molecule has 3 rings (SSSR count). The molecule has 0 amide bonds. The van der Waals surface area contributed by atoms with Gasteiger partial charge in [0.25, 0.3) is 0 Å². The SMILES string of the molecule is CCOC(=O)c1nnn(C[C@@H]2C[C@@H](SCc3ccc(OC)cc3)CN2S(C)(=O)=O)c1C. The Morgan fingerprint density at radius 2 is 2.00 bits per heavy atom. The van der Waals surface area contributed by atoms with Crippen LogP contribution in [0.25, 0.3) is 0 Å². The minimum Gasteiger partial charge on any atom is -0.497 e. The Hall–Kier alpha value is -2.11. The largest absolute Gasteiger partial charge is 0.497 e. The second-order valence-corrected chi connectivity index (χ2v) is 10.7. The Kier molecular flexibility index (Phi) is 7.60. The van der Waals surface area contributed by atoms with Crippen molar-refractivity contribution in [1.29, 1.82) is 0 Å². The summed E-state index contributed by atoms with van der Waals surface area (Å²) in [6.45, 7) is 4.50. The molecule has 1 aliphatic heterocycles. The topological polar surface area (TPSA) is 104 Å². The van der Waals surface area contributed by atoms with Gasteiger partial charge in [-0.25, -0.2) is 17.9 Å². The zero-order valence-electron chi connectivity index (χ0n) is 18.1. The highest BCUT2D eigenvalue weighted by Gasteiger charge is 2.38. The van der Waals surface area contributed by atoms with Gasteiger partial charge in [0.1, 0.15) is 5.75 Å². The van der Waals surface area contributed by atoms with Crippen LogP contribution in [-0.4, -0.2) is 71.5 Å². The third kappa shape index (κ3) is 5.78. The highest BCUT2D eigenvalue weighted by Crippen LogP contribution is 2.32. The van der Waals surface area contributed by atoms with Gasteiger partial charge in [-0.15, -0.1) is 5.10 Å². The van der Waals surface area contributed by atoms with E-state index >= 15 is 0 Å². The summed E-state index contributed by atoms with van der Waals surface area (Å²) < 4.78 is 38.1. The van der Waals surface area contributed by atoms with Crippen molar-refractivity contribution in [3.8, 4) is 5.75 Å². The number of benzene rings is 1. The molecule has 170 valence electrons. The van der Waals surface area contributed by atoms with E-state index in [2.05, 4.69) is 10.3 Å². The van der Waals surface area contributed by atoms with Gasteiger partial charge in [-0.1, -0.05) is 17.3 Å². The van der Waals surface area contributed by atoms with E-state index in [1.807, 2.05) is 24.3 Å². The maximum Gasteiger partial charge on any atom is 0.360 e. The van der Waals surface area contributed by atoms with Crippen LogP contribution in [0.3, 0.4) is 0 Å². The van der Waals surface area contributed by atoms with Crippen LogP contribution in [0.4, 0.5) is 0 Å². The molecule has 1 saturated heterocycles. The molecule has 1 aromatic heterocycles. The van der Waals surface area contributed by atoms with E-state index in [0.717, 1.165) is 17.1 Å². The zero-order valence-corrected chi connectivity index (χ0v) is 19.8. The van der Waals surface area contributed by atoms with Crippen molar-refractivity contribution in [2.24, 2.45) is 0 Å². The minimum atomic E-state index is -3.38. The fraction of sp³-hybridized carbons (Fsp3) is 0.550. The second kappa shape index (κ2) is 10.0. The molecular formula is C20H28N4O5S2. The predicted molar refractivity (Wildman–Crippen MR) is 119 cm³/mol. The molecule has 11 heteroatoms. The standard InChI is InChI=1S/C20H28N4O5S2/c1-5-29-20(25)19-14(2)23(22-21-19)11-16-10-18(12-24(16)31(4,26)27)30-13-15-6-8-17(28-3)9-7-15/h6-9,16,18H,5,10-13H2,1-4H3/t16-,18+/m0/s1. The summed E-state index contributed by atoms with van der Waals surface area (Å²) in [7, 11) is -1.74. The second-order valence-electron chi connectivity index (χ2n) is 7.43. The average molecular weight is 469 g/mol. The van der Waals surface area contributed by atoms with E-state index in [4.69, 9.17) is 9.47 Å². The van der Waals surface area contributed by atoms with E-state index in [0.29, 0.717) is 25.2 Å². The normalized spacial score (nSPS) is 19.5. The molecule has 2 heterocycles. The summed E-state index contributed by atoms with van der Waals surface area (Å²) in [4.78, 5) is 12.0. The van der Waals surface area contributed by atoms with E-state index in [1.165, 1.54) is 10.6 Å². The van der Waals surface area contributed by atoms with Crippen LogP contribution in [-0.2, 0) is 27.1 Å². The van der Waals surface area contributed by atoms with Crippen LogP contribution in [0.5, 0.6) is 5.75 Å². The molecule has 0 saturated carbocycles. The molecule has 1 fully saturated rings. The number of thioether (sulfide) groups is 1. The van der Waals surface area contributed by atoms with Crippen LogP contribution >= 0.6 is 11.8 Å². The summed E-state index contributed by atoms with van der Waals surface area (Å²) in [6, 6.07) is 7.62. The zero-order chi connectivity index (χ0) is 22.6. The molecule has 2 atom stereocenters. The quantitative estimate of drug-likeness (QED) is 0.516. The number of hydrogen-bond donors (Lipinski definition) is 0. The van der Waals surface area contributed by atoms with Crippen molar-refractivity contribution in [3.05, 3.63) is 41.2 Å². The smallest absolute Gasteiger partial charge is 0.360 e. The molecule has 0 bridgehead atoms. The number of aromatic nitrogens is 3. The molecule has 31 heavy (non-hydrogen) atoms. The molecule has 0 spiro atoms. The van der Waals surface area contributed by atoms with E-state index in [-0.39, 0.29) is 23.6 Å². The molecule has 0 unspecified atom stereocenters. The lowest BCUT2D eigenvalue weighted by Gasteiger charge is -2.22. The van der Waals surface area contributed by atoms with E-state index in [9.17, 15) is 13.2 Å². The Morgan fingerprint density at radius 3 is 2.61 bits per heavy atom. The third-order valence-electron chi connectivity index (χ3n) is 5.23. The van der Waals surface area contributed by atoms with Gasteiger partial charge < -0.3 is 9.47 Å². The Bertz CT molecular complexity index is 1010. The van der Waals surface area contributed by atoms with Crippen molar-refractivity contribution in [2.45, 2.75) is 43.9 Å². The highest BCUT2D eigenvalue weighted by atomic mass is 32.2. The average Bonchev–Trinajstić information content (AvgIpc) is 3.31. The number of esters is 1. The fourth-order valence-corrected chi connectivity index (χ4v) is 6.08. The van der Waals surface area contributed by atoms with Crippen LogP contribution in [0, 0.1) is 6.92 Å². The van der Waals surface area contributed by atoms with Crippen molar-refractivity contribution in [3.63, 3.8) is 0 Å². The number of hydrogen-bond acceptors (Lipinski definition) is 8. The van der Waals surface area contributed by atoms with Crippen molar-refractivity contribution in [2.75, 3.05) is 26.5 Å². The van der Waals surface area contributed by atoms with Crippen LogP contribution < -0.4 is 4.74 Å². The van der Waals surface area contributed by atoms with Crippen LogP contribution in [0.1, 0.15) is 35.1 Å². The summed E-state index contributed by atoms with van der Waals surface area (Å²) in [5, 5.41) is 8.15. The number of nitrogens with zero attached hydrogens (tertiary/aromatic N) is 4. The van der Waals surface area contributed by atoms with Crippen molar-refractivity contribution >= 4 is 27.8 Å². The first kappa shape index (κ1) is 23.6. The predicted octanol–water partition coefficient (Wildman–Crippen LogP) is 2.11. The molecule has 0 N–H and O–H groups in total. The number of carbonyl (C=O) groups excluding carboxylic acids is 1. The molecule has 0 aliphatic carbocycles. The molecular weight excluding hydrogens is 440 g/mol. The van der Waals surface area contributed by atoms with Gasteiger partial charge in [-0.2, -0.15) is 16.1 Å². The Balaban J connectivity index is 1.68. The highest BCUT2D eigenvalue weighted by molar-refractivity contribution is 7.99. The van der Waals surface area contributed by atoms with Gasteiger partial charge in [0, 0.05) is 23.6 Å². The van der Waals surface area contributed by atoms with Crippen LogP contribution in [0.15, 0.2) is 24.3 Å². The summed E-state index contributed by atoms with van der Waals surface area (Å²) in [5.41, 5.74) is 1.89. The number of carbonyl (C=O) groups is 1. The first-order valence-corrected chi connectivity index (χ1v) is 12.9. The van der Waals surface area contributed by atoms with Crippen molar-refractivity contribution in [1.82, 2.24) is 19.3 Å². The van der Waals surface area contributed by atoms with E-state index in [1.54, 1.807) is 37.4 Å². The molecule has 1 aromatic carbocycles. The maximum absolute atomic E-state index is 12.4. The monoisotopic (exact) mass is 468 g/mol. The van der Waals surface area contributed by atoms with Gasteiger partial charge in [-0.05, 0) is 38.0 Å². The fourth-order valence-electron chi connectivity index (χ4n) is 3.60. The van der Waals surface area contributed by atoms with Gasteiger partial charge in [0.15, 0.2) is 5.69 Å². The Morgan fingerprint density at radius 1 is 1.29 bits per heavy atom. The molecule has 1 aliphatic rings. The summed E-state index contributed by atoms with van der Waals surface area (Å²) >= 11 is 1.74. The molecule has 9 nitrogen and oxygen atoms in total. The summed E-state index contributed by atoms with van der Waals surface area (Å²) in [6.07, 6.45) is 1.93. The lowest BCUT2D eigenvalue weighted by Crippen LogP contribution is -2.38. The van der Waals surface area contributed by atoms with E-state index < -0.39 is 16.0 Å². The summed E-state index contributed by atoms with van der Waals surface area (Å²) in [5.74, 6) is 1.07. The number of ether oxygens (including phenoxy) is 2. The lowest BCUT2D eigenvalue weighted by atomic mass is 10.2. The third-order valence-corrected chi connectivity index (χ3v) is 7.84. The maximum atomic E-state index is 12.4.